The first-order chi connectivity index (χ1) is 15.4. The summed E-state index contributed by atoms with van der Waals surface area (Å²) in [7, 11) is 0. The van der Waals surface area contributed by atoms with Gasteiger partial charge in [0.25, 0.3) is 0 Å². The van der Waals surface area contributed by atoms with Gasteiger partial charge in [0.05, 0.1) is 0 Å². The fourth-order valence-corrected chi connectivity index (χ4v) is 3.55. The predicted octanol–water partition coefficient (Wildman–Crippen LogP) is 9.22. The van der Waals surface area contributed by atoms with Gasteiger partial charge in [-0.2, -0.15) is 0 Å². The highest BCUT2D eigenvalue weighted by molar-refractivity contribution is 5.72. The standard InChI is InChI=1S/C28H26F4/c1-3-5-6-8-24-26(30)17-23(18-27(24)31)21-11-9-19(10-12-21)20-13-15-22(16-14-20)28(32)25(29)7-4-2/h3,5,9-18H,4,6-8H2,1-2H3/b5-3+,28-25+. The number of halogens is 4. The summed E-state index contributed by atoms with van der Waals surface area (Å²) < 4.78 is 56.7. The van der Waals surface area contributed by atoms with Crippen molar-refractivity contribution >= 4 is 5.83 Å². The van der Waals surface area contributed by atoms with Crippen LogP contribution in [0.1, 0.15) is 44.2 Å². The highest BCUT2D eigenvalue weighted by Crippen LogP contribution is 2.30. The summed E-state index contributed by atoms with van der Waals surface area (Å²) in [5.74, 6) is -2.66. The Hall–Kier alpha value is -3.14. The van der Waals surface area contributed by atoms with Crippen LogP contribution in [0.2, 0.25) is 0 Å². The SMILES string of the molecule is C/C=C/CCc1c(F)cc(-c2ccc(-c3ccc(/C(F)=C(\F)CCC)cc3)cc2)cc1F. The van der Waals surface area contributed by atoms with Gasteiger partial charge in [0.15, 0.2) is 5.83 Å². The monoisotopic (exact) mass is 438 g/mol. The Labute approximate surface area is 186 Å². The Morgan fingerprint density at radius 3 is 1.78 bits per heavy atom. The molecule has 0 saturated carbocycles. The average molecular weight is 439 g/mol. The molecule has 0 aliphatic rings. The third-order valence-electron chi connectivity index (χ3n) is 5.34. The molecule has 0 spiro atoms. The van der Waals surface area contributed by atoms with Crippen molar-refractivity contribution in [2.75, 3.05) is 0 Å². The van der Waals surface area contributed by atoms with Gasteiger partial charge in [-0.05, 0) is 60.6 Å². The van der Waals surface area contributed by atoms with Crippen LogP contribution < -0.4 is 0 Å². The van der Waals surface area contributed by atoms with E-state index < -0.39 is 23.3 Å². The molecule has 0 aliphatic carbocycles. The van der Waals surface area contributed by atoms with Gasteiger partial charge < -0.3 is 0 Å². The maximum atomic E-state index is 14.5. The highest BCUT2D eigenvalue weighted by atomic mass is 19.2. The molecule has 32 heavy (non-hydrogen) atoms. The van der Waals surface area contributed by atoms with Crippen molar-refractivity contribution < 1.29 is 17.6 Å². The van der Waals surface area contributed by atoms with Crippen molar-refractivity contribution in [3.05, 3.63) is 101 Å². The second-order valence-corrected chi connectivity index (χ2v) is 7.65. The van der Waals surface area contributed by atoms with E-state index in [4.69, 9.17) is 0 Å². The molecule has 0 amide bonds. The van der Waals surface area contributed by atoms with E-state index in [-0.39, 0.29) is 17.5 Å². The van der Waals surface area contributed by atoms with E-state index in [1.807, 2.05) is 31.2 Å². The van der Waals surface area contributed by atoms with E-state index in [1.54, 1.807) is 43.3 Å². The van der Waals surface area contributed by atoms with Gasteiger partial charge in [0, 0.05) is 17.5 Å². The topological polar surface area (TPSA) is 0 Å². The molecule has 0 N–H and O–H groups in total. The molecule has 0 unspecified atom stereocenters. The van der Waals surface area contributed by atoms with E-state index in [0.29, 0.717) is 30.4 Å². The van der Waals surface area contributed by atoms with Crippen LogP contribution in [-0.4, -0.2) is 0 Å². The van der Waals surface area contributed by atoms with Gasteiger partial charge in [-0.3, -0.25) is 0 Å². The molecule has 166 valence electrons. The molecular weight excluding hydrogens is 412 g/mol. The number of hydrogen-bond donors (Lipinski definition) is 0. The summed E-state index contributed by atoms with van der Waals surface area (Å²) in [6.07, 6.45) is 5.25. The molecule has 0 aliphatic heterocycles. The molecule has 0 atom stereocenters. The lowest BCUT2D eigenvalue weighted by molar-refractivity contribution is 0.556. The molecular formula is C28H26F4. The maximum Gasteiger partial charge on any atom is 0.161 e. The second kappa shape index (κ2) is 10.9. The summed E-state index contributed by atoms with van der Waals surface area (Å²) in [5, 5.41) is 0. The average Bonchev–Trinajstić information content (AvgIpc) is 2.80. The summed E-state index contributed by atoms with van der Waals surface area (Å²) in [4.78, 5) is 0. The molecule has 0 fully saturated rings. The van der Waals surface area contributed by atoms with Crippen molar-refractivity contribution in [1.82, 2.24) is 0 Å². The molecule has 0 saturated heterocycles. The number of benzene rings is 3. The Balaban J connectivity index is 1.80. The lowest BCUT2D eigenvalue weighted by atomic mass is 9.97. The van der Waals surface area contributed by atoms with Gasteiger partial charge in [0.2, 0.25) is 0 Å². The molecule has 3 aromatic carbocycles. The fraction of sp³-hybridized carbons (Fsp3) is 0.214. The quantitative estimate of drug-likeness (QED) is 0.243. The number of allylic oxidation sites excluding steroid dienone is 3. The molecule has 4 heteroatoms. The summed E-state index contributed by atoms with van der Waals surface area (Å²) >= 11 is 0. The molecule has 3 aromatic rings. The van der Waals surface area contributed by atoms with E-state index in [2.05, 4.69) is 0 Å². The predicted molar refractivity (Wildman–Crippen MR) is 124 cm³/mol. The van der Waals surface area contributed by atoms with Gasteiger partial charge in [0.1, 0.15) is 17.5 Å². The van der Waals surface area contributed by atoms with Crippen LogP contribution in [0.25, 0.3) is 28.1 Å². The first kappa shape index (κ1) is 23.5. The van der Waals surface area contributed by atoms with Crippen LogP contribution >= 0.6 is 0 Å². The van der Waals surface area contributed by atoms with E-state index in [9.17, 15) is 17.6 Å². The molecule has 3 rings (SSSR count). The van der Waals surface area contributed by atoms with Crippen molar-refractivity contribution in [3.8, 4) is 22.3 Å². The first-order valence-electron chi connectivity index (χ1n) is 10.8. The number of rotatable bonds is 8. The normalized spacial score (nSPS) is 12.3. The fourth-order valence-electron chi connectivity index (χ4n) is 3.55. The zero-order valence-corrected chi connectivity index (χ0v) is 18.3. The van der Waals surface area contributed by atoms with E-state index in [1.165, 1.54) is 12.1 Å². The van der Waals surface area contributed by atoms with Gasteiger partial charge in [-0.15, -0.1) is 0 Å². The van der Waals surface area contributed by atoms with Crippen LogP contribution in [-0.2, 0) is 6.42 Å². The smallest absolute Gasteiger partial charge is 0.161 e. The molecule has 0 heterocycles. The minimum Gasteiger partial charge on any atom is -0.209 e. The van der Waals surface area contributed by atoms with Crippen LogP contribution in [0.5, 0.6) is 0 Å². The molecule has 0 nitrogen and oxygen atoms in total. The van der Waals surface area contributed by atoms with Crippen LogP contribution in [0.4, 0.5) is 17.6 Å². The van der Waals surface area contributed by atoms with Crippen molar-refractivity contribution in [3.63, 3.8) is 0 Å². The Morgan fingerprint density at radius 1 is 0.781 bits per heavy atom. The van der Waals surface area contributed by atoms with Crippen molar-refractivity contribution in [2.45, 2.75) is 39.5 Å². The van der Waals surface area contributed by atoms with E-state index >= 15 is 0 Å². The number of hydrogen-bond acceptors (Lipinski definition) is 0. The Morgan fingerprint density at radius 2 is 1.28 bits per heavy atom. The lowest BCUT2D eigenvalue weighted by Gasteiger charge is -2.09. The lowest BCUT2D eigenvalue weighted by Crippen LogP contribution is -1.96. The summed E-state index contributed by atoms with van der Waals surface area (Å²) in [5.41, 5.74) is 3.16. The minimum atomic E-state index is -0.827. The van der Waals surface area contributed by atoms with Crippen LogP contribution in [0.15, 0.2) is 78.6 Å². The van der Waals surface area contributed by atoms with Crippen LogP contribution in [0.3, 0.4) is 0 Å². The van der Waals surface area contributed by atoms with Gasteiger partial charge in [-0.25, -0.2) is 17.6 Å². The largest absolute Gasteiger partial charge is 0.209 e. The Kier molecular flexibility index (Phi) is 8.04. The van der Waals surface area contributed by atoms with Gasteiger partial charge in [-0.1, -0.05) is 67.6 Å². The zero-order chi connectivity index (χ0) is 23.1. The highest BCUT2D eigenvalue weighted by Gasteiger charge is 2.12. The zero-order valence-electron chi connectivity index (χ0n) is 18.3. The third kappa shape index (κ3) is 5.56. The second-order valence-electron chi connectivity index (χ2n) is 7.65. The maximum absolute atomic E-state index is 14.5. The van der Waals surface area contributed by atoms with Crippen molar-refractivity contribution in [1.29, 1.82) is 0 Å². The Bertz CT molecular complexity index is 1080. The van der Waals surface area contributed by atoms with Crippen molar-refractivity contribution in [2.24, 2.45) is 0 Å². The summed E-state index contributed by atoms with van der Waals surface area (Å²) in [6, 6.07) is 16.5. The molecule has 0 radical (unpaired) electrons. The van der Waals surface area contributed by atoms with Gasteiger partial charge >= 0.3 is 0 Å². The van der Waals surface area contributed by atoms with E-state index in [0.717, 1.165) is 11.1 Å². The third-order valence-corrected chi connectivity index (χ3v) is 5.34. The van der Waals surface area contributed by atoms with Crippen LogP contribution in [0, 0.1) is 11.6 Å². The summed E-state index contributed by atoms with van der Waals surface area (Å²) in [6.45, 7) is 3.67. The minimum absolute atomic E-state index is 0.0764. The molecule has 0 aromatic heterocycles. The first-order valence-corrected chi connectivity index (χ1v) is 10.8. The molecule has 0 bridgehead atoms.